The quantitative estimate of drug-likeness (QED) is 0.0136. The minimum absolute atomic E-state index is 0.00966. The topological polar surface area (TPSA) is 282 Å². The number of alkyl halides is 2. The van der Waals surface area contributed by atoms with Crippen molar-refractivity contribution in [2.75, 3.05) is 44.5 Å². The number of hydrogen-bond acceptors (Lipinski definition) is 13. The van der Waals surface area contributed by atoms with Gasteiger partial charge < -0.3 is 39.8 Å². The maximum Gasteiger partial charge on any atom is 0.399 e. The van der Waals surface area contributed by atoms with Crippen LogP contribution < -0.4 is 21.6 Å². The largest absolute Gasteiger partial charge is 0.399 e. The smallest absolute Gasteiger partial charge is 0.379 e. The predicted octanol–water partition coefficient (Wildman–Crippen LogP) is 7.63. The van der Waals surface area contributed by atoms with Crippen LogP contribution >= 0.6 is 7.60 Å². The lowest BCUT2D eigenvalue weighted by atomic mass is 9.92. The Labute approximate surface area is 509 Å². The lowest BCUT2D eigenvalue weighted by molar-refractivity contribution is -0.132. The van der Waals surface area contributed by atoms with Crippen LogP contribution in [0.2, 0.25) is 0 Å². The van der Waals surface area contributed by atoms with Crippen molar-refractivity contribution >= 4 is 70.7 Å². The molecule has 20 nitrogen and oxygen atoms in total. The molecule has 1 fully saturated rings. The molecule has 0 bridgehead atoms. The van der Waals surface area contributed by atoms with E-state index in [-0.39, 0.29) is 75.0 Å². The van der Waals surface area contributed by atoms with Crippen LogP contribution in [0.3, 0.4) is 0 Å². The van der Waals surface area contributed by atoms with Gasteiger partial charge in [0.1, 0.15) is 18.4 Å². The van der Waals surface area contributed by atoms with Crippen molar-refractivity contribution < 1.29 is 75.6 Å². The number of primary amides is 1. The summed E-state index contributed by atoms with van der Waals surface area (Å²) in [6, 6.07) is 21.3. The molecule has 2 aliphatic heterocycles. The van der Waals surface area contributed by atoms with Gasteiger partial charge in [-0.05, 0) is 129 Å². The number of carbonyl (C=O) groups excluding carboxylic acids is 7. The second-order valence-corrected chi connectivity index (χ2v) is 24.7. The van der Waals surface area contributed by atoms with Crippen molar-refractivity contribution in [1.29, 1.82) is 0 Å². The summed E-state index contributed by atoms with van der Waals surface area (Å²) >= 11 is 0. The van der Waals surface area contributed by atoms with E-state index in [2.05, 4.69) is 5.32 Å². The molecule has 5 aromatic rings. The molecular formula is C65H78F2N5O15P. The summed E-state index contributed by atoms with van der Waals surface area (Å²) in [6.07, 6.45) is 6.30. The minimum Gasteiger partial charge on any atom is -0.379 e. The molecule has 1 aliphatic carbocycles. The molecule has 0 spiro atoms. The van der Waals surface area contributed by atoms with Gasteiger partial charge in [0, 0.05) is 57.2 Å². The Balaban J connectivity index is 0.711. The van der Waals surface area contributed by atoms with E-state index in [1.807, 2.05) is 60.7 Å². The molecule has 472 valence electrons. The molecule has 1 aromatic heterocycles. The number of anilines is 1. The van der Waals surface area contributed by atoms with E-state index in [0.29, 0.717) is 87.3 Å². The van der Waals surface area contributed by atoms with E-state index in [0.717, 1.165) is 71.1 Å². The number of imidazole rings is 1. The Morgan fingerprint density at radius 1 is 0.807 bits per heavy atom. The average molecular weight is 1240 g/mol. The summed E-state index contributed by atoms with van der Waals surface area (Å²) in [5, 5.41) is 3.06. The van der Waals surface area contributed by atoms with Gasteiger partial charge in [0.2, 0.25) is 17.7 Å². The summed E-state index contributed by atoms with van der Waals surface area (Å²) in [6.45, 7) is 5.50. The number of unbranched alkanes of at least 4 members (excludes halogenated alkanes) is 1. The molecule has 0 radical (unpaired) electrons. The summed E-state index contributed by atoms with van der Waals surface area (Å²) in [4.78, 5) is 124. The maximum absolute atomic E-state index is 14.5. The molecule has 1 unspecified atom stereocenters. The van der Waals surface area contributed by atoms with Crippen LogP contribution in [0, 0.1) is 5.92 Å². The van der Waals surface area contributed by atoms with Crippen LogP contribution in [-0.2, 0) is 102 Å². The summed E-state index contributed by atoms with van der Waals surface area (Å²) < 4.78 is 66.1. The van der Waals surface area contributed by atoms with E-state index >= 15 is 0 Å². The molecule has 3 heterocycles. The highest BCUT2D eigenvalue weighted by atomic mass is 31.2. The first-order valence-corrected chi connectivity index (χ1v) is 31.6. The number of amides is 3. The van der Waals surface area contributed by atoms with Gasteiger partial charge in [0.05, 0.1) is 74.4 Å². The Morgan fingerprint density at radius 3 is 2.18 bits per heavy atom. The zero-order valence-corrected chi connectivity index (χ0v) is 50.8. The molecule has 5 atom stereocenters. The zero-order chi connectivity index (χ0) is 63.3. The van der Waals surface area contributed by atoms with E-state index in [9.17, 15) is 51.7 Å². The van der Waals surface area contributed by atoms with Gasteiger partial charge in [0.15, 0.2) is 17.3 Å². The summed E-state index contributed by atoms with van der Waals surface area (Å²) in [5.74, 6) is -2.92. The van der Waals surface area contributed by atoms with Crippen LogP contribution in [0.1, 0.15) is 129 Å². The van der Waals surface area contributed by atoms with Gasteiger partial charge in [-0.3, -0.25) is 52.2 Å². The summed E-state index contributed by atoms with van der Waals surface area (Å²) in [7, 11) is -4.09. The number of aryl methyl sites for hydroxylation is 4. The highest BCUT2D eigenvalue weighted by molar-refractivity contribution is 7.52. The highest BCUT2D eigenvalue weighted by Crippen LogP contribution is 2.59. The van der Waals surface area contributed by atoms with Gasteiger partial charge in [-0.2, -0.15) is 8.78 Å². The normalized spacial score (nSPS) is 17.9. The number of allylic oxidation sites excluding steroid dienone is 2. The number of halogens is 2. The Morgan fingerprint density at radius 2 is 1.48 bits per heavy atom. The number of benzene rings is 4. The van der Waals surface area contributed by atoms with Crippen molar-refractivity contribution in [1.82, 2.24) is 14.5 Å². The van der Waals surface area contributed by atoms with Crippen molar-refractivity contribution in [3.8, 4) is 0 Å². The number of para-hydroxylation sites is 1. The molecule has 4 aromatic carbocycles. The Kier molecular flexibility index (Phi) is 23.0. The molecule has 23 heteroatoms. The van der Waals surface area contributed by atoms with Gasteiger partial charge in [-0.15, -0.1) is 0 Å². The maximum atomic E-state index is 14.5. The fraction of sp³-hybridized carbons (Fsp3) is 0.477. The number of rotatable bonds is 33. The van der Waals surface area contributed by atoms with Gasteiger partial charge in [-0.1, -0.05) is 72.8 Å². The van der Waals surface area contributed by atoms with Gasteiger partial charge in [0.25, 0.3) is 0 Å². The number of ketones is 4. The molecule has 1 saturated carbocycles. The lowest BCUT2D eigenvalue weighted by Crippen LogP contribution is -2.54. The number of carbonyl (C=O) groups is 7. The van der Waals surface area contributed by atoms with Crippen LogP contribution in [0.15, 0.2) is 95.8 Å². The van der Waals surface area contributed by atoms with E-state index in [1.165, 1.54) is 27.7 Å². The first-order chi connectivity index (χ1) is 42.0. The van der Waals surface area contributed by atoms with Crippen LogP contribution in [0.5, 0.6) is 0 Å². The number of ether oxygens (including phenoxy) is 4. The number of hydrogen-bond donors (Lipinski definition) is 4. The van der Waals surface area contributed by atoms with Crippen LogP contribution in [-0.4, -0.2) is 118 Å². The van der Waals surface area contributed by atoms with Gasteiger partial charge >= 0.3 is 18.9 Å². The van der Waals surface area contributed by atoms with E-state index in [4.69, 9.17) is 34.5 Å². The number of nitrogens with two attached hydrogens (primary N) is 1. The SMILES string of the molecule is C/C(=C\C(=O)C[C@H]1CCc2cccc3c2N(C1=O)[C@H](C(=O)N[C@@H](CCC(N)=O)[C@@H](C)OCc1ccc(CCCCC(=O)COCCOCCOCCCc2ccc4c(c2)n(C)c(=O)n4C2CCC(=O)CC2=O)cc1)C3)c1ccc(C(F)(F)P(=O)(O)O)cc1. The number of aromatic nitrogens is 2. The Hall–Kier alpha value is -7.17. The third-order valence-corrected chi connectivity index (χ3v) is 17.7. The first-order valence-electron chi connectivity index (χ1n) is 30.0. The highest BCUT2D eigenvalue weighted by Gasteiger charge is 2.50. The second-order valence-electron chi connectivity index (χ2n) is 23.1. The third kappa shape index (κ3) is 17.0. The molecule has 3 aliphatic rings. The molecule has 3 amide bonds. The third-order valence-electron chi connectivity index (χ3n) is 16.7. The minimum atomic E-state index is -5.78. The van der Waals surface area contributed by atoms with Crippen molar-refractivity contribution in [3.63, 3.8) is 0 Å². The summed E-state index contributed by atoms with van der Waals surface area (Å²) in [5.41, 5.74) is 7.51. The van der Waals surface area contributed by atoms with Crippen LogP contribution in [0.4, 0.5) is 14.5 Å². The fourth-order valence-corrected chi connectivity index (χ4v) is 12.2. The monoisotopic (exact) mass is 1240 g/mol. The lowest BCUT2D eigenvalue weighted by Gasteiger charge is -2.31. The number of fused-ring (bicyclic) bond motifs is 1. The number of nitrogens with one attached hydrogen (secondary N) is 1. The number of nitrogens with zero attached hydrogens (tertiary/aromatic N) is 3. The fourth-order valence-electron chi connectivity index (χ4n) is 11.7. The average Bonchev–Trinajstić information content (AvgIpc) is 1.97. The first kappa shape index (κ1) is 66.8. The molecular weight excluding hydrogens is 1160 g/mol. The molecule has 0 saturated heterocycles. The zero-order valence-electron chi connectivity index (χ0n) is 49.9. The predicted molar refractivity (Wildman–Crippen MR) is 323 cm³/mol. The van der Waals surface area contributed by atoms with Crippen molar-refractivity contribution in [3.05, 3.63) is 140 Å². The van der Waals surface area contributed by atoms with Crippen molar-refractivity contribution in [2.45, 2.75) is 147 Å². The van der Waals surface area contributed by atoms with Crippen molar-refractivity contribution in [2.24, 2.45) is 18.7 Å². The standard InChI is InChI=1S/C65H78F2N5O15P/c1-41(46-20-22-50(23-21-46)65(66,67)88(81,82)83)34-53(75)36-49-19-18-47-10-6-11-48-37-58(72(61(47)48)63(49)79)62(78)69-54(25-28-60(68)77)42(2)87-39-45-15-13-43(14-16-45)8-4-5-12-52(74)40-86-33-32-85-31-30-84-29-7-9-44-17-26-55-57(35-44)70(3)64(80)71(55)56-27-24-51(73)38-59(56)76/h6,10-11,13-17,20-23,26,34-35,42,49,54,56,58H,4-5,7-9,12,18-19,24-25,27-33,36-40H2,1-3H3,(H2,68,77)(H,69,78)(H2,81,82,83)/b41-34+/t42-,49-,54+,56?,58+/m1/s1. The molecule has 8 rings (SSSR count). The van der Waals surface area contributed by atoms with Gasteiger partial charge in [-0.25, -0.2) is 4.79 Å². The van der Waals surface area contributed by atoms with Crippen LogP contribution in [0.25, 0.3) is 16.6 Å². The second kappa shape index (κ2) is 30.4. The van der Waals surface area contributed by atoms with E-state index < -0.39 is 72.5 Å². The van der Waals surface area contributed by atoms with E-state index in [1.54, 1.807) is 25.5 Å². The molecule has 5 N–H and O–H groups in total. The number of Topliss-reactive ketones (excluding diaryl/α,β-unsaturated/α-hetero) is 3. The Bertz CT molecular complexity index is 3500. The molecule has 88 heavy (non-hydrogen) atoms.